The van der Waals surface area contributed by atoms with Gasteiger partial charge in [-0.15, -0.1) is 0 Å². The second-order valence-corrected chi connectivity index (χ2v) is 20.7. The van der Waals surface area contributed by atoms with Crippen molar-refractivity contribution in [3.05, 3.63) is 85.0 Å². The fourth-order valence-corrected chi connectivity index (χ4v) is 12.5. The van der Waals surface area contributed by atoms with E-state index in [0.29, 0.717) is 6.10 Å². The van der Waals surface area contributed by atoms with Gasteiger partial charge in [-0.25, -0.2) is 0 Å². The molecule has 0 unspecified atom stereocenters. The normalized spacial score (nSPS) is 12.6. The molecule has 0 radical (unpaired) electrons. The Hall–Kier alpha value is -1.90. The van der Waals surface area contributed by atoms with Crippen molar-refractivity contribution in [3.63, 3.8) is 0 Å². The predicted octanol–water partition coefficient (Wildman–Crippen LogP) is 15.2. The standard InChI is InChI=1S/C49H82OSi/c1-6-8-10-12-14-16-18-20-22-24-26-28-30-34-40-46(41-35-31-29-27-25-23-21-19-17-15-13-11-9-7-2)50-51(49(3,4)5,47-42-36-32-37-43-47)48-44-38-33-39-45-48/h16-19,32-33,36-39,42-46H,6-15,20-31,34-35,40-41H2,1-5H3/b18-16-,19-17-. The monoisotopic (exact) mass is 715 g/mol. The minimum atomic E-state index is -2.54. The Balaban J connectivity index is 1.91. The average Bonchev–Trinajstić information content (AvgIpc) is 3.14. The Morgan fingerprint density at radius 1 is 0.451 bits per heavy atom. The van der Waals surface area contributed by atoms with E-state index in [2.05, 4.69) is 120 Å². The molecule has 2 heteroatoms. The van der Waals surface area contributed by atoms with Crippen LogP contribution in [0.25, 0.3) is 0 Å². The van der Waals surface area contributed by atoms with Gasteiger partial charge < -0.3 is 4.43 Å². The van der Waals surface area contributed by atoms with Crippen molar-refractivity contribution >= 4 is 18.7 Å². The van der Waals surface area contributed by atoms with Crippen LogP contribution in [0.3, 0.4) is 0 Å². The zero-order valence-electron chi connectivity index (χ0n) is 34.5. The van der Waals surface area contributed by atoms with Crippen molar-refractivity contribution in [1.29, 1.82) is 0 Å². The maximum Gasteiger partial charge on any atom is 0.261 e. The molecule has 0 spiro atoms. The lowest BCUT2D eigenvalue weighted by Crippen LogP contribution is -2.67. The summed E-state index contributed by atoms with van der Waals surface area (Å²) < 4.78 is 7.73. The van der Waals surface area contributed by atoms with E-state index in [1.165, 1.54) is 177 Å². The minimum absolute atomic E-state index is 0.0296. The largest absolute Gasteiger partial charge is 0.404 e. The van der Waals surface area contributed by atoms with Crippen LogP contribution in [0.15, 0.2) is 85.0 Å². The Bertz CT molecular complexity index is 1020. The van der Waals surface area contributed by atoms with Gasteiger partial charge >= 0.3 is 0 Å². The highest BCUT2D eigenvalue weighted by molar-refractivity contribution is 6.99. The highest BCUT2D eigenvalue weighted by atomic mass is 28.4. The van der Waals surface area contributed by atoms with Crippen LogP contribution in [-0.2, 0) is 4.43 Å². The summed E-state index contributed by atoms with van der Waals surface area (Å²) in [6.07, 6.45) is 44.6. The highest BCUT2D eigenvalue weighted by Gasteiger charge is 2.51. The van der Waals surface area contributed by atoms with Crippen molar-refractivity contribution < 1.29 is 4.43 Å². The number of hydrogen-bond donors (Lipinski definition) is 0. The first-order valence-electron chi connectivity index (χ1n) is 22.0. The van der Waals surface area contributed by atoms with Crippen LogP contribution in [-0.4, -0.2) is 14.4 Å². The van der Waals surface area contributed by atoms with Crippen LogP contribution < -0.4 is 10.4 Å². The van der Waals surface area contributed by atoms with Crippen LogP contribution in [0.4, 0.5) is 0 Å². The first-order valence-corrected chi connectivity index (χ1v) is 23.9. The molecule has 2 rings (SSSR count). The van der Waals surface area contributed by atoms with Crippen LogP contribution in [0.5, 0.6) is 0 Å². The predicted molar refractivity (Wildman–Crippen MR) is 232 cm³/mol. The highest BCUT2D eigenvalue weighted by Crippen LogP contribution is 2.38. The molecule has 1 nitrogen and oxygen atoms in total. The Morgan fingerprint density at radius 2 is 0.765 bits per heavy atom. The van der Waals surface area contributed by atoms with Crippen LogP contribution in [0.1, 0.15) is 202 Å². The van der Waals surface area contributed by atoms with Gasteiger partial charge in [-0.3, -0.25) is 0 Å². The molecule has 0 saturated heterocycles. The molecule has 0 amide bonds. The topological polar surface area (TPSA) is 9.23 Å². The maximum absolute atomic E-state index is 7.73. The van der Waals surface area contributed by atoms with E-state index in [1.807, 2.05) is 0 Å². The van der Waals surface area contributed by atoms with E-state index in [9.17, 15) is 0 Å². The lowest BCUT2D eigenvalue weighted by molar-refractivity contribution is 0.160. The molecule has 0 aliphatic rings. The molecule has 0 fully saturated rings. The van der Waals surface area contributed by atoms with Gasteiger partial charge in [-0.05, 0) is 79.6 Å². The molecule has 2 aromatic carbocycles. The van der Waals surface area contributed by atoms with E-state index in [4.69, 9.17) is 4.43 Å². The quantitative estimate of drug-likeness (QED) is 0.0416. The van der Waals surface area contributed by atoms with E-state index in [0.717, 1.165) is 0 Å². The van der Waals surface area contributed by atoms with Gasteiger partial charge in [0.15, 0.2) is 0 Å². The second kappa shape index (κ2) is 29.5. The van der Waals surface area contributed by atoms with Gasteiger partial charge in [0.05, 0.1) is 0 Å². The van der Waals surface area contributed by atoms with Gasteiger partial charge in [0, 0.05) is 6.10 Å². The Labute approximate surface area is 319 Å². The first kappa shape index (κ1) is 45.3. The zero-order valence-corrected chi connectivity index (χ0v) is 35.5. The molecule has 0 atom stereocenters. The zero-order chi connectivity index (χ0) is 36.7. The molecule has 0 aliphatic heterocycles. The second-order valence-electron chi connectivity index (χ2n) is 16.4. The van der Waals surface area contributed by atoms with E-state index in [1.54, 1.807) is 0 Å². The first-order chi connectivity index (χ1) is 25.0. The number of hydrogen-bond acceptors (Lipinski definition) is 1. The van der Waals surface area contributed by atoms with Crippen molar-refractivity contribution in [2.24, 2.45) is 0 Å². The molecule has 0 bridgehead atoms. The van der Waals surface area contributed by atoms with Gasteiger partial charge in [0.25, 0.3) is 8.32 Å². The fourth-order valence-electron chi connectivity index (χ4n) is 7.74. The van der Waals surface area contributed by atoms with Crippen molar-refractivity contribution in [3.8, 4) is 0 Å². The number of allylic oxidation sites excluding steroid dienone is 4. The minimum Gasteiger partial charge on any atom is -0.404 e. The number of unbranched alkanes of at least 4 members (excludes halogenated alkanes) is 20. The summed E-state index contributed by atoms with van der Waals surface area (Å²) in [7, 11) is -2.54. The van der Waals surface area contributed by atoms with E-state index in [-0.39, 0.29) is 5.04 Å². The molecule has 0 N–H and O–H groups in total. The molecule has 0 aromatic heterocycles. The summed E-state index contributed by atoms with van der Waals surface area (Å²) in [6.45, 7) is 11.9. The molecular weight excluding hydrogens is 633 g/mol. The van der Waals surface area contributed by atoms with Crippen LogP contribution in [0, 0.1) is 0 Å². The van der Waals surface area contributed by atoms with Crippen LogP contribution in [0.2, 0.25) is 5.04 Å². The lowest BCUT2D eigenvalue weighted by Gasteiger charge is -2.45. The average molecular weight is 715 g/mol. The van der Waals surface area contributed by atoms with Crippen molar-refractivity contribution in [2.45, 2.75) is 213 Å². The third-order valence-corrected chi connectivity index (χ3v) is 15.9. The van der Waals surface area contributed by atoms with E-state index < -0.39 is 8.32 Å². The van der Waals surface area contributed by atoms with Gasteiger partial charge in [-0.1, -0.05) is 222 Å². The summed E-state index contributed by atoms with van der Waals surface area (Å²) in [5, 5.41) is 2.86. The third kappa shape index (κ3) is 19.7. The number of benzene rings is 2. The molecule has 0 heterocycles. The third-order valence-electron chi connectivity index (χ3n) is 10.8. The summed E-state index contributed by atoms with van der Waals surface area (Å²) in [4.78, 5) is 0. The molecule has 51 heavy (non-hydrogen) atoms. The van der Waals surface area contributed by atoms with Crippen molar-refractivity contribution in [1.82, 2.24) is 0 Å². The molecule has 2 aromatic rings. The van der Waals surface area contributed by atoms with Crippen molar-refractivity contribution in [2.75, 3.05) is 0 Å². The summed E-state index contributed by atoms with van der Waals surface area (Å²) in [5.74, 6) is 0. The Kier molecular flexibility index (Phi) is 26.2. The molecular formula is C49H82OSi. The van der Waals surface area contributed by atoms with Gasteiger partial charge in [-0.2, -0.15) is 0 Å². The molecule has 0 saturated carbocycles. The maximum atomic E-state index is 7.73. The summed E-state index contributed by atoms with van der Waals surface area (Å²) in [6, 6.07) is 22.6. The van der Waals surface area contributed by atoms with E-state index >= 15 is 0 Å². The number of rotatable bonds is 32. The SMILES string of the molecule is CCCCCC/C=C\CCCCCCCCC(CCCCCCCC/C=C\CCCCCC)O[Si](c1ccccc1)(c1ccccc1)C(C)(C)C. The molecule has 0 aliphatic carbocycles. The lowest BCUT2D eigenvalue weighted by atomic mass is 10.0. The van der Waals surface area contributed by atoms with Gasteiger partial charge in [0.2, 0.25) is 0 Å². The summed E-state index contributed by atoms with van der Waals surface area (Å²) >= 11 is 0. The molecule has 288 valence electrons. The smallest absolute Gasteiger partial charge is 0.261 e. The van der Waals surface area contributed by atoms with Gasteiger partial charge in [0.1, 0.15) is 0 Å². The summed E-state index contributed by atoms with van der Waals surface area (Å²) in [5.41, 5.74) is 0. The van der Waals surface area contributed by atoms with Crippen LogP contribution >= 0.6 is 0 Å². The Morgan fingerprint density at radius 3 is 1.10 bits per heavy atom. The fraction of sp³-hybridized carbons (Fsp3) is 0.673.